The summed E-state index contributed by atoms with van der Waals surface area (Å²) in [4.78, 5) is 14.9. The number of thioether (sulfide) groups is 2. The van der Waals surface area contributed by atoms with Crippen molar-refractivity contribution in [3.05, 3.63) is 12.0 Å². The van der Waals surface area contributed by atoms with Crippen LogP contribution in [0.3, 0.4) is 0 Å². The molecule has 5 heteroatoms. The summed E-state index contributed by atoms with van der Waals surface area (Å²) >= 11 is 2.78. The summed E-state index contributed by atoms with van der Waals surface area (Å²) in [6, 6.07) is 0. The quantitative estimate of drug-likeness (QED) is 0.557. The number of amides is 1. The average molecular weight is 204 g/mol. The van der Waals surface area contributed by atoms with Gasteiger partial charge in [0.1, 0.15) is 0 Å². The Labute approximate surface area is 81.1 Å². The van der Waals surface area contributed by atoms with Crippen molar-refractivity contribution in [3.63, 3.8) is 0 Å². The molecule has 0 aliphatic carbocycles. The Morgan fingerprint density at radius 3 is 2.83 bits per heavy atom. The van der Waals surface area contributed by atoms with Gasteiger partial charge in [-0.2, -0.15) is 11.8 Å². The zero-order valence-corrected chi connectivity index (χ0v) is 8.80. The van der Waals surface area contributed by atoms with Crippen LogP contribution in [0.15, 0.2) is 17.0 Å². The highest BCUT2D eigenvalue weighted by Gasteiger charge is 2.02. The van der Waals surface area contributed by atoms with Crippen LogP contribution in [0.25, 0.3) is 0 Å². The lowest BCUT2D eigenvalue weighted by Crippen LogP contribution is -2.29. The van der Waals surface area contributed by atoms with Crippen molar-refractivity contribution in [1.29, 1.82) is 0 Å². The van der Waals surface area contributed by atoms with E-state index in [0.717, 1.165) is 0 Å². The molecule has 1 amide bonds. The first kappa shape index (κ1) is 11.6. The zero-order valence-electron chi connectivity index (χ0n) is 7.16. The number of amidine groups is 1. The van der Waals surface area contributed by atoms with Gasteiger partial charge >= 0.3 is 0 Å². The van der Waals surface area contributed by atoms with E-state index >= 15 is 0 Å². The first-order valence-corrected chi connectivity index (χ1v) is 5.55. The van der Waals surface area contributed by atoms with Gasteiger partial charge in [0.25, 0.3) is 0 Å². The van der Waals surface area contributed by atoms with Crippen molar-refractivity contribution < 1.29 is 4.79 Å². The molecule has 1 N–H and O–H groups in total. The number of hydrogen-bond donors (Lipinski definition) is 1. The third-order valence-electron chi connectivity index (χ3n) is 0.920. The van der Waals surface area contributed by atoms with Crippen molar-refractivity contribution in [3.8, 4) is 0 Å². The Bertz CT molecular complexity index is 192. The molecule has 0 fully saturated rings. The average Bonchev–Trinajstić information content (AvgIpc) is 2.04. The molecular formula is C7H12N2OS2. The predicted molar refractivity (Wildman–Crippen MR) is 57.7 cm³/mol. The predicted octanol–water partition coefficient (Wildman–Crippen LogP) is 1.33. The van der Waals surface area contributed by atoms with Crippen molar-refractivity contribution in [2.45, 2.75) is 0 Å². The van der Waals surface area contributed by atoms with Crippen molar-refractivity contribution >= 4 is 34.6 Å². The van der Waals surface area contributed by atoms with Crippen LogP contribution in [-0.4, -0.2) is 30.1 Å². The summed E-state index contributed by atoms with van der Waals surface area (Å²) < 4.78 is 0. The van der Waals surface area contributed by atoms with E-state index in [9.17, 15) is 4.79 Å². The molecule has 0 spiro atoms. The molecule has 0 heterocycles. The Morgan fingerprint density at radius 1 is 1.75 bits per heavy atom. The maximum atomic E-state index is 11.0. The Hall–Kier alpha value is -0.420. The maximum Gasteiger partial charge on any atom is 0.235 e. The van der Waals surface area contributed by atoms with Crippen LogP contribution in [0.4, 0.5) is 0 Å². The van der Waals surface area contributed by atoms with Crippen molar-refractivity contribution in [1.82, 2.24) is 5.32 Å². The van der Waals surface area contributed by atoms with Gasteiger partial charge in [0, 0.05) is 7.05 Å². The van der Waals surface area contributed by atoms with Crippen molar-refractivity contribution in [2.75, 3.05) is 19.1 Å². The van der Waals surface area contributed by atoms with E-state index in [1.54, 1.807) is 12.5 Å². The fraction of sp³-hybridized carbons (Fsp3) is 0.429. The molecule has 0 aromatic rings. The second kappa shape index (κ2) is 7.24. The third-order valence-corrected chi connectivity index (χ3v) is 2.15. The minimum atomic E-state index is -0.0301. The number of nitrogens with one attached hydrogen (secondary N) is 1. The van der Waals surface area contributed by atoms with E-state index in [0.29, 0.717) is 10.9 Å². The Morgan fingerprint density at radius 2 is 2.42 bits per heavy atom. The number of carbonyl (C=O) groups excluding carboxylic acids is 1. The molecule has 68 valence electrons. The highest BCUT2D eigenvalue weighted by atomic mass is 32.2. The van der Waals surface area contributed by atoms with E-state index in [4.69, 9.17) is 0 Å². The van der Waals surface area contributed by atoms with Crippen LogP contribution in [-0.2, 0) is 4.79 Å². The minimum Gasteiger partial charge on any atom is -0.304 e. The van der Waals surface area contributed by atoms with Crippen LogP contribution in [0.2, 0.25) is 0 Å². The zero-order chi connectivity index (χ0) is 9.40. The second-order valence-electron chi connectivity index (χ2n) is 1.79. The normalized spacial score (nSPS) is 11.0. The van der Waals surface area contributed by atoms with E-state index < -0.39 is 0 Å². The maximum absolute atomic E-state index is 11.0. The fourth-order valence-corrected chi connectivity index (χ4v) is 1.27. The molecule has 0 aliphatic heterocycles. The third kappa shape index (κ3) is 5.26. The molecule has 0 radical (unpaired) electrons. The van der Waals surface area contributed by atoms with E-state index in [1.807, 2.05) is 6.26 Å². The van der Waals surface area contributed by atoms with Crippen molar-refractivity contribution in [2.24, 2.45) is 4.99 Å². The van der Waals surface area contributed by atoms with Gasteiger partial charge < -0.3 is 5.32 Å². The molecule has 0 bridgehead atoms. The summed E-state index contributed by atoms with van der Waals surface area (Å²) in [6.45, 7) is 3.53. The van der Waals surface area contributed by atoms with Crippen LogP contribution in [0.5, 0.6) is 0 Å². The standard InChI is InChI=1S/C7H12N2OS2/c1-4-12-7(8-2)9-6(10)5-11-3/h4H,1,5H2,2-3H3,(H,8,9,10). The van der Waals surface area contributed by atoms with Crippen LogP contribution in [0, 0.1) is 0 Å². The van der Waals surface area contributed by atoms with E-state index in [1.165, 1.54) is 23.5 Å². The van der Waals surface area contributed by atoms with E-state index in [-0.39, 0.29) is 5.91 Å². The molecule has 0 unspecified atom stereocenters. The SMILES string of the molecule is C=CSC(=NC)NC(=O)CSC. The molecule has 0 saturated heterocycles. The second-order valence-corrected chi connectivity index (χ2v) is 3.62. The van der Waals surface area contributed by atoms with Gasteiger partial charge in [-0.05, 0) is 11.7 Å². The molecular weight excluding hydrogens is 192 g/mol. The summed E-state index contributed by atoms with van der Waals surface area (Å²) in [7, 11) is 1.63. The number of aliphatic imine (C=N–C) groups is 1. The molecule has 0 saturated carbocycles. The minimum absolute atomic E-state index is 0.0301. The van der Waals surface area contributed by atoms with Gasteiger partial charge in [-0.15, -0.1) is 0 Å². The molecule has 0 rings (SSSR count). The summed E-state index contributed by atoms with van der Waals surface area (Å²) in [5.41, 5.74) is 0. The first-order chi connectivity index (χ1) is 5.74. The highest BCUT2D eigenvalue weighted by Crippen LogP contribution is 2.01. The number of carbonyl (C=O) groups is 1. The molecule has 12 heavy (non-hydrogen) atoms. The lowest BCUT2D eigenvalue weighted by Gasteiger charge is -2.03. The molecule has 0 aliphatic rings. The van der Waals surface area contributed by atoms with Gasteiger partial charge in [-0.1, -0.05) is 18.3 Å². The van der Waals surface area contributed by atoms with Crippen LogP contribution < -0.4 is 5.32 Å². The highest BCUT2D eigenvalue weighted by molar-refractivity contribution is 8.16. The largest absolute Gasteiger partial charge is 0.304 e. The number of rotatable bonds is 3. The smallest absolute Gasteiger partial charge is 0.235 e. The first-order valence-electron chi connectivity index (χ1n) is 3.27. The lowest BCUT2D eigenvalue weighted by molar-refractivity contribution is -0.117. The van der Waals surface area contributed by atoms with Gasteiger partial charge in [-0.25, -0.2) is 0 Å². The Kier molecular flexibility index (Phi) is 6.99. The lowest BCUT2D eigenvalue weighted by atomic mass is 10.7. The summed E-state index contributed by atoms with van der Waals surface area (Å²) in [6.07, 6.45) is 1.88. The Balaban J connectivity index is 3.86. The molecule has 3 nitrogen and oxygen atoms in total. The monoisotopic (exact) mass is 204 g/mol. The topological polar surface area (TPSA) is 41.5 Å². The summed E-state index contributed by atoms with van der Waals surface area (Å²) in [5, 5.41) is 4.86. The van der Waals surface area contributed by atoms with Crippen LogP contribution >= 0.6 is 23.5 Å². The molecule has 0 aromatic carbocycles. The molecule has 0 atom stereocenters. The number of hydrogen-bond acceptors (Lipinski definition) is 4. The van der Waals surface area contributed by atoms with Crippen LogP contribution in [0.1, 0.15) is 0 Å². The van der Waals surface area contributed by atoms with Gasteiger partial charge in [0.2, 0.25) is 5.91 Å². The number of nitrogens with zero attached hydrogens (tertiary/aromatic N) is 1. The fourth-order valence-electron chi connectivity index (χ4n) is 0.503. The molecule has 0 aromatic heterocycles. The van der Waals surface area contributed by atoms with Gasteiger partial charge in [0.15, 0.2) is 5.17 Å². The van der Waals surface area contributed by atoms with E-state index in [2.05, 4.69) is 16.9 Å². The van der Waals surface area contributed by atoms with Gasteiger partial charge in [-0.3, -0.25) is 9.79 Å². The van der Waals surface area contributed by atoms with Gasteiger partial charge in [0.05, 0.1) is 5.75 Å². The summed E-state index contributed by atoms with van der Waals surface area (Å²) in [5.74, 6) is 0.425.